The van der Waals surface area contributed by atoms with Gasteiger partial charge < -0.3 is 14.0 Å². The lowest BCUT2D eigenvalue weighted by atomic mass is 9.96. The van der Waals surface area contributed by atoms with Gasteiger partial charge in [0.2, 0.25) is 0 Å². The molecule has 0 bridgehead atoms. The molecule has 0 amide bonds. The van der Waals surface area contributed by atoms with Crippen molar-refractivity contribution >= 4 is 40.3 Å². The molecule has 8 nitrogen and oxygen atoms in total. The van der Waals surface area contributed by atoms with Gasteiger partial charge in [0.25, 0.3) is 5.56 Å². The molecule has 0 aliphatic carbocycles. The Labute approximate surface area is 245 Å². The van der Waals surface area contributed by atoms with E-state index < -0.39 is 18.0 Å². The number of esters is 2. The van der Waals surface area contributed by atoms with E-state index in [1.807, 2.05) is 42.5 Å². The number of para-hydroxylation sites is 1. The molecule has 0 saturated carbocycles. The molecule has 0 fully saturated rings. The van der Waals surface area contributed by atoms with E-state index in [1.165, 1.54) is 30.9 Å². The number of nitrogens with zero attached hydrogens (tertiary/aromatic N) is 3. The first kappa shape index (κ1) is 27.2. The lowest BCUT2D eigenvalue weighted by molar-refractivity contribution is -0.136. The summed E-state index contributed by atoms with van der Waals surface area (Å²) in [7, 11) is 1.31. The standard InChI is InChI=1S/C33H27N3O5S/c1-20-29(32(39)40-3)30(23-13-15-25(16-14-23)41-21(2)37)36-31(38)28(42-33(36)34-20)17-24-19-35(18-22-9-5-4-6-10-22)27-12-8-7-11-26(24)27/h4-17,19,30H,18H2,1-3H3/b28-17-/t30-/m0/s1. The number of carbonyl (C=O) groups is 2. The molecule has 9 heteroatoms. The summed E-state index contributed by atoms with van der Waals surface area (Å²) in [6.45, 7) is 3.76. The molecule has 1 aliphatic heterocycles. The lowest BCUT2D eigenvalue weighted by Crippen LogP contribution is -2.39. The van der Waals surface area contributed by atoms with Crippen LogP contribution in [0.25, 0.3) is 17.0 Å². The first-order valence-corrected chi connectivity index (χ1v) is 14.2. The summed E-state index contributed by atoms with van der Waals surface area (Å²) in [6, 6.07) is 24.3. The van der Waals surface area contributed by atoms with Gasteiger partial charge in [-0.05, 0) is 42.3 Å². The maximum absolute atomic E-state index is 14.0. The molecule has 5 aromatic rings. The van der Waals surface area contributed by atoms with Crippen LogP contribution in [0.5, 0.6) is 5.75 Å². The Morgan fingerprint density at radius 1 is 1.00 bits per heavy atom. The van der Waals surface area contributed by atoms with Gasteiger partial charge in [-0.1, -0.05) is 72.0 Å². The number of rotatable bonds is 6. The number of aromatic nitrogens is 2. The summed E-state index contributed by atoms with van der Waals surface area (Å²) < 4.78 is 14.5. The van der Waals surface area contributed by atoms with Crippen LogP contribution in [0.15, 0.2) is 106 Å². The SMILES string of the molecule is COC(=O)C1=C(C)N=c2s/c(=C\c3cn(Cc4ccccc4)c4ccccc34)c(=O)n2[C@H]1c1ccc(OC(C)=O)cc1. The summed E-state index contributed by atoms with van der Waals surface area (Å²) in [4.78, 5) is 43.5. The lowest BCUT2D eigenvalue weighted by Gasteiger charge is -2.24. The number of carbonyl (C=O) groups excluding carboxylic acids is 2. The number of hydrogen-bond acceptors (Lipinski definition) is 7. The molecule has 1 aliphatic rings. The van der Waals surface area contributed by atoms with E-state index in [0.29, 0.717) is 32.9 Å². The van der Waals surface area contributed by atoms with Crippen molar-refractivity contribution in [3.05, 3.63) is 133 Å². The van der Waals surface area contributed by atoms with Crippen molar-refractivity contribution in [3.8, 4) is 5.75 Å². The van der Waals surface area contributed by atoms with Crippen LogP contribution in [0.3, 0.4) is 0 Å². The predicted molar refractivity (Wildman–Crippen MR) is 161 cm³/mol. The molecule has 0 unspecified atom stereocenters. The van der Waals surface area contributed by atoms with Gasteiger partial charge in [0, 0.05) is 36.1 Å². The van der Waals surface area contributed by atoms with Crippen LogP contribution < -0.4 is 19.6 Å². The quantitative estimate of drug-likeness (QED) is 0.221. The zero-order valence-corrected chi connectivity index (χ0v) is 24.1. The van der Waals surface area contributed by atoms with E-state index in [2.05, 4.69) is 34.0 Å². The topological polar surface area (TPSA) is 91.9 Å². The van der Waals surface area contributed by atoms with Crippen LogP contribution in [0.4, 0.5) is 0 Å². The van der Waals surface area contributed by atoms with E-state index in [0.717, 1.165) is 16.5 Å². The molecule has 210 valence electrons. The fourth-order valence-electron chi connectivity index (χ4n) is 5.33. The molecule has 3 aromatic carbocycles. The van der Waals surface area contributed by atoms with Crippen molar-refractivity contribution in [2.45, 2.75) is 26.4 Å². The highest BCUT2D eigenvalue weighted by molar-refractivity contribution is 7.07. The molecule has 42 heavy (non-hydrogen) atoms. The maximum atomic E-state index is 14.0. The van der Waals surface area contributed by atoms with Crippen LogP contribution in [0.1, 0.15) is 36.6 Å². The number of fused-ring (bicyclic) bond motifs is 2. The number of allylic oxidation sites excluding steroid dienone is 1. The summed E-state index contributed by atoms with van der Waals surface area (Å²) in [5, 5.41) is 1.03. The van der Waals surface area contributed by atoms with Crippen LogP contribution in [0, 0.1) is 0 Å². The van der Waals surface area contributed by atoms with Gasteiger partial charge >= 0.3 is 11.9 Å². The Morgan fingerprint density at radius 3 is 2.43 bits per heavy atom. The molecule has 3 heterocycles. The largest absolute Gasteiger partial charge is 0.466 e. The Morgan fingerprint density at radius 2 is 1.71 bits per heavy atom. The Hall–Kier alpha value is -5.02. The number of ether oxygens (including phenoxy) is 2. The van der Waals surface area contributed by atoms with Crippen molar-refractivity contribution in [1.82, 2.24) is 9.13 Å². The average molecular weight is 578 g/mol. The molecule has 0 saturated heterocycles. The van der Waals surface area contributed by atoms with Crippen molar-refractivity contribution in [2.24, 2.45) is 4.99 Å². The minimum absolute atomic E-state index is 0.262. The molecule has 1 atom stereocenters. The van der Waals surface area contributed by atoms with Crippen LogP contribution in [-0.4, -0.2) is 28.2 Å². The first-order valence-electron chi connectivity index (χ1n) is 13.3. The average Bonchev–Trinajstić information content (AvgIpc) is 3.49. The molecular formula is C33H27N3O5S. The number of benzene rings is 3. The van der Waals surface area contributed by atoms with Gasteiger partial charge in [-0.15, -0.1) is 0 Å². The van der Waals surface area contributed by atoms with Gasteiger partial charge in [-0.2, -0.15) is 0 Å². The van der Waals surface area contributed by atoms with Gasteiger partial charge in [-0.3, -0.25) is 14.2 Å². The van der Waals surface area contributed by atoms with E-state index in [-0.39, 0.29) is 11.1 Å². The predicted octanol–water partition coefficient (Wildman–Crippen LogP) is 4.34. The number of methoxy groups -OCH3 is 1. The van der Waals surface area contributed by atoms with E-state index in [9.17, 15) is 14.4 Å². The third-order valence-electron chi connectivity index (χ3n) is 7.19. The number of thiazole rings is 1. The highest BCUT2D eigenvalue weighted by Gasteiger charge is 2.33. The summed E-state index contributed by atoms with van der Waals surface area (Å²) >= 11 is 1.28. The smallest absolute Gasteiger partial charge is 0.338 e. The summed E-state index contributed by atoms with van der Waals surface area (Å²) in [5.74, 6) is -0.638. The minimum Gasteiger partial charge on any atom is -0.466 e. The summed E-state index contributed by atoms with van der Waals surface area (Å²) in [5.41, 5.74) is 4.30. The van der Waals surface area contributed by atoms with Crippen LogP contribution >= 0.6 is 11.3 Å². The second-order valence-corrected chi connectivity index (χ2v) is 11.0. The second-order valence-electron chi connectivity index (χ2n) is 9.95. The molecule has 2 aromatic heterocycles. The molecular weight excluding hydrogens is 550 g/mol. The van der Waals surface area contributed by atoms with Crippen molar-refractivity contribution in [2.75, 3.05) is 7.11 Å². The monoisotopic (exact) mass is 577 g/mol. The first-order chi connectivity index (χ1) is 20.3. The number of hydrogen-bond donors (Lipinski definition) is 0. The van der Waals surface area contributed by atoms with E-state index in [1.54, 1.807) is 35.8 Å². The third-order valence-corrected chi connectivity index (χ3v) is 8.17. The Kier molecular flexibility index (Phi) is 7.18. The van der Waals surface area contributed by atoms with E-state index in [4.69, 9.17) is 9.47 Å². The van der Waals surface area contributed by atoms with Crippen molar-refractivity contribution in [3.63, 3.8) is 0 Å². The Bertz CT molecular complexity index is 2050. The zero-order valence-electron chi connectivity index (χ0n) is 23.2. The Balaban J connectivity index is 1.50. The normalized spacial score (nSPS) is 14.9. The molecule has 0 N–H and O–H groups in total. The van der Waals surface area contributed by atoms with E-state index >= 15 is 0 Å². The van der Waals surface area contributed by atoms with Gasteiger partial charge in [0.15, 0.2) is 4.80 Å². The van der Waals surface area contributed by atoms with Gasteiger partial charge in [-0.25, -0.2) is 9.79 Å². The zero-order chi connectivity index (χ0) is 29.4. The molecule has 6 rings (SSSR count). The van der Waals surface area contributed by atoms with Gasteiger partial charge in [0.1, 0.15) is 5.75 Å². The van der Waals surface area contributed by atoms with Crippen LogP contribution in [-0.2, 0) is 20.9 Å². The maximum Gasteiger partial charge on any atom is 0.338 e. The van der Waals surface area contributed by atoms with Crippen LogP contribution in [0.2, 0.25) is 0 Å². The highest BCUT2D eigenvalue weighted by Crippen LogP contribution is 2.31. The molecule has 0 spiro atoms. The minimum atomic E-state index is -0.762. The molecule has 0 radical (unpaired) electrons. The van der Waals surface area contributed by atoms with Crippen molar-refractivity contribution < 1.29 is 19.1 Å². The fourth-order valence-corrected chi connectivity index (χ4v) is 6.37. The van der Waals surface area contributed by atoms with Gasteiger partial charge in [0.05, 0.1) is 29.0 Å². The van der Waals surface area contributed by atoms with Crippen molar-refractivity contribution in [1.29, 1.82) is 0 Å². The highest BCUT2D eigenvalue weighted by atomic mass is 32.1. The fraction of sp³-hybridized carbons (Fsp3) is 0.152. The second kappa shape index (κ2) is 11.1. The summed E-state index contributed by atoms with van der Waals surface area (Å²) in [6.07, 6.45) is 3.96. The third kappa shape index (κ3) is 4.99.